The van der Waals surface area contributed by atoms with Crippen LogP contribution in [0.3, 0.4) is 0 Å². The predicted octanol–water partition coefficient (Wildman–Crippen LogP) is 4.70. The molecule has 0 N–H and O–H groups in total. The Kier molecular flexibility index (Phi) is 7.09. The number of piperidine rings is 1. The summed E-state index contributed by atoms with van der Waals surface area (Å²) in [6.45, 7) is 4.67. The molecule has 0 saturated carbocycles. The molecule has 2 aliphatic heterocycles. The normalized spacial score (nSPS) is 26.1. The summed E-state index contributed by atoms with van der Waals surface area (Å²) < 4.78 is 11.0. The van der Waals surface area contributed by atoms with E-state index in [9.17, 15) is 0 Å². The number of alkyl halides is 1. The highest BCUT2D eigenvalue weighted by Crippen LogP contribution is 2.45. The minimum absolute atomic E-state index is 0. The number of fused-ring (bicyclic) bond motifs is 3. The lowest BCUT2D eigenvalue weighted by Gasteiger charge is -2.47. The van der Waals surface area contributed by atoms with E-state index in [4.69, 9.17) is 21.1 Å². The molecule has 1 saturated heterocycles. The molecule has 3 unspecified atom stereocenters. The van der Waals surface area contributed by atoms with E-state index >= 15 is 0 Å². The standard InChI is InChI=1S/C19H28ClNO2.ClH/c1-4-13-12-21-8-6-15-10-18(22-2)19(23-3)11-16(15)17(21)9-14(13)5-7-20;/h10-11,13-14,17H,4-9,12H2,1-3H3;1H. The first kappa shape index (κ1) is 19.7. The molecule has 3 rings (SSSR count). The lowest BCUT2D eigenvalue weighted by molar-refractivity contribution is 0.0506. The third-order valence-electron chi connectivity index (χ3n) is 5.78. The monoisotopic (exact) mass is 373 g/mol. The topological polar surface area (TPSA) is 21.7 Å². The Morgan fingerprint density at radius 1 is 1.17 bits per heavy atom. The first-order chi connectivity index (χ1) is 11.2. The summed E-state index contributed by atoms with van der Waals surface area (Å²) in [5, 5.41) is 0. The van der Waals surface area contributed by atoms with Crippen molar-refractivity contribution in [3.63, 3.8) is 0 Å². The van der Waals surface area contributed by atoms with Crippen LogP contribution in [-0.2, 0) is 6.42 Å². The quantitative estimate of drug-likeness (QED) is 0.698. The van der Waals surface area contributed by atoms with Crippen molar-refractivity contribution in [2.24, 2.45) is 11.8 Å². The van der Waals surface area contributed by atoms with E-state index in [0.29, 0.717) is 6.04 Å². The molecule has 3 atom stereocenters. The van der Waals surface area contributed by atoms with Crippen LogP contribution in [0.2, 0.25) is 0 Å². The average Bonchev–Trinajstić information content (AvgIpc) is 2.60. The Bertz CT molecular complexity index is 552. The van der Waals surface area contributed by atoms with Crippen molar-refractivity contribution in [2.75, 3.05) is 33.2 Å². The van der Waals surface area contributed by atoms with Crippen molar-refractivity contribution in [3.05, 3.63) is 23.3 Å². The summed E-state index contributed by atoms with van der Waals surface area (Å²) in [6, 6.07) is 4.89. The lowest BCUT2D eigenvalue weighted by atomic mass is 9.75. The highest BCUT2D eigenvalue weighted by atomic mass is 35.5. The summed E-state index contributed by atoms with van der Waals surface area (Å²) in [7, 11) is 3.43. The molecular formula is C19H29Cl2NO2. The first-order valence-electron chi connectivity index (χ1n) is 8.76. The summed E-state index contributed by atoms with van der Waals surface area (Å²) in [4.78, 5) is 2.67. The summed E-state index contributed by atoms with van der Waals surface area (Å²) in [6.07, 6.45) is 4.70. The Balaban J connectivity index is 0.00000208. The summed E-state index contributed by atoms with van der Waals surface area (Å²) in [5.74, 6) is 3.98. The highest BCUT2D eigenvalue weighted by molar-refractivity contribution is 6.17. The number of hydrogen-bond donors (Lipinski definition) is 0. The molecule has 0 aromatic heterocycles. The molecule has 0 bridgehead atoms. The Morgan fingerprint density at radius 2 is 1.88 bits per heavy atom. The van der Waals surface area contributed by atoms with Gasteiger partial charge in [-0.2, -0.15) is 0 Å². The Hall–Kier alpha value is -0.640. The number of nitrogens with zero attached hydrogens (tertiary/aromatic N) is 1. The summed E-state index contributed by atoms with van der Waals surface area (Å²) >= 11 is 6.07. The Morgan fingerprint density at radius 3 is 2.50 bits per heavy atom. The molecule has 1 aromatic carbocycles. The molecule has 24 heavy (non-hydrogen) atoms. The molecule has 0 amide bonds. The number of benzene rings is 1. The maximum Gasteiger partial charge on any atom is 0.161 e. The van der Waals surface area contributed by atoms with Gasteiger partial charge in [-0.05, 0) is 54.4 Å². The van der Waals surface area contributed by atoms with Crippen molar-refractivity contribution in [2.45, 2.75) is 38.6 Å². The van der Waals surface area contributed by atoms with Gasteiger partial charge < -0.3 is 9.47 Å². The predicted molar refractivity (Wildman–Crippen MR) is 102 cm³/mol. The molecule has 0 spiro atoms. The zero-order chi connectivity index (χ0) is 16.4. The molecule has 1 aromatic rings. The largest absolute Gasteiger partial charge is 0.493 e. The van der Waals surface area contributed by atoms with Gasteiger partial charge in [-0.25, -0.2) is 0 Å². The first-order valence-corrected chi connectivity index (χ1v) is 9.30. The van der Waals surface area contributed by atoms with Crippen LogP contribution in [0.1, 0.15) is 43.4 Å². The van der Waals surface area contributed by atoms with Crippen LogP contribution in [-0.4, -0.2) is 38.1 Å². The molecule has 0 radical (unpaired) electrons. The number of hydrogen-bond acceptors (Lipinski definition) is 3. The fourth-order valence-electron chi connectivity index (χ4n) is 4.46. The molecule has 2 aliphatic rings. The molecule has 0 aliphatic carbocycles. The van der Waals surface area contributed by atoms with Gasteiger partial charge >= 0.3 is 0 Å². The van der Waals surface area contributed by atoms with Gasteiger partial charge in [0.05, 0.1) is 14.2 Å². The molecule has 1 fully saturated rings. The maximum absolute atomic E-state index is 6.07. The van der Waals surface area contributed by atoms with E-state index in [1.807, 2.05) is 0 Å². The number of halogens is 2. The van der Waals surface area contributed by atoms with Crippen LogP contribution in [0, 0.1) is 11.8 Å². The summed E-state index contributed by atoms with van der Waals surface area (Å²) in [5.41, 5.74) is 2.85. The maximum atomic E-state index is 6.07. The average molecular weight is 374 g/mol. The van der Waals surface area contributed by atoms with E-state index in [1.165, 1.54) is 30.5 Å². The minimum Gasteiger partial charge on any atom is -0.493 e. The van der Waals surface area contributed by atoms with Gasteiger partial charge in [-0.1, -0.05) is 13.3 Å². The van der Waals surface area contributed by atoms with Crippen molar-refractivity contribution in [1.82, 2.24) is 4.90 Å². The zero-order valence-electron chi connectivity index (χ0n) is 14.9. The molecule has 136 valence electrons. The van der Waals surface area contributed by atoms with Crippen molar-refractivity contribution < 1.29 is 9.47 Å². The van der Waals surface area contributed by atoms with Crippen LogP contribution in [0.25, 0.3) is 0 Å². The van der Waals surface area contributed by atoms with E-state index in [1.54, 1.807) is 14.2 Å². The fourth-order valence-corrected chi connectivity index (χ4v) is 4.74. The van der Waals surface area contributed by atoms with Gasteiger partial charge in [0.15, 0.2) is 11.5 Å². The van der Waals surface area contributed by atoms with Gasteiger partial charge in [0.25, 0.3) is 0 Å². The van der Waals surface area contributed by atoms with Crippen LogP contribution in [0.4, 0.5) is 0 Å². The molecule has 2 heterocycles. The second-order valence-electron chi connectivity index (χ2n) is 6.81. The molecule has 3 nitrogen and oxygen atoms in total. The van der Waals surface area contributed by atoms with Crippen molar-refractivity contribution in [1.29, 1.82) is 0 Å². The van der Waals surface area contributed by atoms with Crippen LogP contribution in [0.15, 0.2) is 12.1 Å². The van der Waals surface area contributed by atoms with Gasteiger partial charge in [-0.15, -0.1) is 24.0 Å². The van der Waals surface area contributed by atoms with Crippen LogP contribution < -0.4 is 9.47 Å². The SMILES string of the molecule is CCC1CN2CCc3cc(OC)c(OC)cc3C2CC1CCCl.Cl. The van der Waals surface area contributed by atoms with Crippen LogP contribution in [0.5, 0.6) is 11.5 Å². The van der Waals surface area contributed by atoms with Crippen molar-refractivity contribution in [3.8, 4) is 11.5 Å². The fraction of sp³-hybridized carbons (Fsp3) is 0.684. The van der Waals surface area contributed by atoms with Crippen LogP contribution >= 0.6 is 24.0 Å². The zero-order valence-corrected chi connectivity index (χ0v) is 16.5. The highest BCUT2D eigenvalue weighted by Gasteiger charge is 2.38. The second-order valence-corrected chi connectivity index (χ2v) is 7.19. The van der Waals surface area contributed by atoms with E-state index in [0.717, 1.165) is 48.6 Å². The lowest BCUT2D eigenvalue weighted by Crippen LogP contribution is -2.45. The van der Waals surface area contributed by atoms with Gasteiger partial charge in [0.2, 0.25) is 0 Å². The Labute approximate surface area is 157 Å². The smallest absolute Gasteiger partial charge is 0.161 e. The second kappa shape index (κ2) is 8.64. The number of methoxy groups -OCH3 is 2. The van der Waals surface area contributed by atoms with Gasteiger partial charge in [0.1, 0.15) is 0 Å². The van der Waals surface area contributed by atoms with Crippen molar-refractivity contribution >= 4 is 24.0 Å². The van der Waals surface area contributed by atoms with Gasteiger partial charge in [0, 0.05) is 25.0 Å². The van der Waals surface area contributed by atoms with E-state index in [-0.39, 0.29) is 12.4 Å². The van der Waals surface area contributed by atoms with Gasteiger partial charge in [-0.3, -0.25) is 4.90 Å². The minimum atomic E-state index is 0. The molecular weight excluding hydrogens is 345 g/mol. The van der Waals surface area contributed by atoms with E-state index < -0.39 is 0 Å². The third-order valence-corrected chi connectivity index (χ3v) is 6.00. The third kappa shape index (κ3) is 3.63. The number of rotatable bonds is 5. The molecule has 5 heteroatoms. The number of ether oxygens (including phenoxy) is 2. The van der Waals surface area contributed by atoms with E-state index in [2.05, 4.69) is 24.0 Å².